The molecule has 1 amide bonds. The summed E-state index contributed by atoms with van der Waals surface area (Å²) in [5, 5.41) is 0. The number of morpholine rings is 1. The third-order valence-corrected chi connectivity index (χ3v) is 3.87. The van der Waals surface area contributed by atoms with Crippen LogP contribution >= 0.6 is 0 Å². The average Bonchev–Trinajstić information content (AvgIpc) is 3.15. The SMILES string of the molecule is CC(C)C1CN(C(=O)c2ncoc2C2CC2)CCO1. The van der Waals surface area contributed by atoms with Gasteiger partial charge >= 0.3 is 0 Å². The Morgan fingerprint density at radius 3 is 2.95 bits per heavy atom. The smallest absolute Gasteiger partial charge is 0.276 e. The van der Waals surface area contributed by atoms with Crippen LogP contribution in [0.15, 0.2) is 10.8 Å². The number of nitrogens with zero attached hydrogens (tertiary/aromatic N) is 2. The van der Waals surface area contributed by atoms with Crippen molar-refractivity contribution >= 4 is 5.91 Å². The Bertz CT molecular complexity index is 465. The summed E-state index contributed by atoms with van der Waals surface area (Å²) >= 11 is 0. The lowest BCUT2D eigenvalue weighted by Gasteiger charge is -2.34. The van der Waals surface area contributed by atoms with Gasteiger partial charge in [-0.15, -0.1) is 0 Å². The molecular formula is C14H20N2O3. The lowest BCUT2D eigenvalue weighted by molar-refractivity contribution is -0.0422. The minimum atomic E-state index is -0.00963. The maximum absolute atomic E-state index is 12.5. The molecule has 0 spiro atoms. The second kappa shape index (κ2) is 4.96. The monoisotopic (exact) mass is 264 g/mol. The molecule has 104 valence electrons. The van der Waals surface area contributed by atoms with Crippen LogP contribution in [0.1, 0.15) is 48.9 Å². The van der Waals surface area contributed by atoms with Crippen LogP contribution in [0.25, 0.3) is 0 Å². The van der Waals surface area contributed by atoms with Gasteiger partial charge in [0.2, 0.25) is 0 Å². The molecule has 1 aliphatic carbocycles. The van der Waals surface area contributed by atoms with E-state index in [-0.39, 0.29) is 12.0 Å². The van der Waals surface area contributed by atoms with E-state index in [1.807, 2.05) is 4.90 Å². The van der Waals surface area contributed by atoms with Crippen molar-refractivity contribution < 1.29 is 13.9 Å². The van der Waals surface area contributed by atoms with Gasteiger partial charge < -0.3 is 14.1 Å². The molecule has 2 fully saturated rings. The lowest BCUT2D eigenvalue weighted by atomic mass is 10.1. The Balaban J connectivity index is 1.74. The normalized spacial score (nSPS) is 23.9. The van der Waals surface area contributed by atoms with Crippen LogP contribution in [-0.2, 0) is 4.74 Å². The third kappa shape index (κ3) is 2.52. The summed E-state index contributed by atoms with van der Waals surface area (Å²) in [5.74, 6) is 1.58. The predicted octanol–water partition coefficient (Wildman–Crippen LogP) is 2.05. The highest BCUT2D eigenvalue weighted by atomic mass is 16.5. The molecule has 2 heterocycles. The number of amides is 1. The van der Waals surface area contributed by atoms with Crippen LogP contribution in [0.4, 0.5) is 0 Å². The maximum atomic E-state index is 12.5. The standard InChI is InChI=1S/C14H20N2O3/c1-9(2)11-7-16(5-6-18-11)14(17)12-13(10-3-4-10)19-8-15-12/h8-11H,3-7H2,1-2H3. The van der Waals surface area contributed by atoms with Crippen LogP contribution in [0.2, 0.25) is 0 Å². The molecule has 5 heteroatoms. The van der Waals surface area contributed by atoms with E-state index < -0.39 is 0 Å². The zero-order chi connectivity index (χ0) is 13.4. The van der Waals surface area contributed by atoms with Crippen molar-refractivity contribution in [2.75, 3.05) is 19.7 Å². The maximum Gasteiger partial charge on any atom is 0.276 e. The first-order chi connectivity index (χ1) is 9.16. The fourth-order valence-electron chi connectivity index (χ4n) is 2.46. The molecule has 0 bridgehead atoms. The Morgan fingerprint density at radius 2 is 2.26 bits per heavy atom. The van der Waals surface area contributed by atoms with Crippen molar-refractivity contribution in [3.63, 3.8) is 0 Å². The molecule has 0 aromatic carbocycles. The third-order valence-electron chi connectivity index (χ3n) is 3.87. The first kappa shape index (κ1) is 12.7. The number of oxazole rings is 1. The predicted molar refractivity (Wildman–Crippen MR) is 69.0 cm³/mol. The van der Waals surface area contributed by atoms with Gasteiger partial charge in [0.15, 0.2) is 12.1 Å². The van der Waals surface area contributed by atoms with Gasteiger partial charge in [0, 0.05) is 19.0 Å². The van der Waals surface area contributed by atoms with Crippen molar-refractivity contribution in [1.82, 2.24) is 9.88 Å². The molecule has 1 saturated heterocycles. The zero-order valence-corrected chi connectivity index (χ0v) is 11.5. The summed E-state index contributed by atoms with van der Waals surface area (Å²) in [6, 6.07) is 0. The van der Waals surface area contributed by atoms with Crippen LogP contribution in [0.5, 0.6) is 0 Å². The van der Waals surface area contributed by atoms with E-state index in [9.17, 15) is 4.79 Å². The van der Waals surface area contributed by atoms with Gasteiger partial charge in [-0.05, 0) is 18.8 Å². The first-order valence-corrected chi connectivity index (χ1v) is 7.01. The van der Waals surface area contributed by atoms with E-state index in [1.165, 1.54) is 6.39 Å². The highest BCUT2D eigenvalue weighted by Crippen LogP contribution is 2.41. The van der Waals surface area contributed by atoms with E-state index in [2.05, 4.69) is 18.8 Å². The minimum absolute atomic E-state index is 0.00963. The van der Waals surface area contributed by atoms with Crippen molar-refractivity contribution in [1.29, 1.82) is 0 Å². The van der Waals surface area contributed by atoms with Gasteiger partial charge in [-0.2, -0.15) is 0 Å². The Kier molecular flexibility index (Phi) is 3.31. The molecule has 1 aliphatic heterocycles. The number of ether oxygens (including phenoxy) is 1. The second-order valence-corrected chi connectivity index (χ2v) is 5.74. The fourth-order valence-corrected chi connectivity index (χ4v) is 2.46. The van der Waals surface area contributed by atoms with Crippen LogP contribution in [-0.4, -0.2) is 41.6 Å². The van der Waals surface area contributed by atoms with Crippen molar-refractivity contribution in [3.05, 3.63) is 17.8 Å². The fraction of sp³-hybridized carbons (Fsp3) is 0.714. The summed E-state index contributed by atoms with van der Waals surface area (Å²) in [6.45, 7) is 6.12. The summed E-state index contributed by atoms with van der Waals surface area (Å²) in [5.41, 5.74) is 0.506. The van der Waals surface area contributed by atoms with Crippen LogP contribution in [0, 0.1) is 5.92 Å². The summed E-state index contributed by atoms with van der Waals surface area (Å²) in [4.78, 5) is 18.5. The van der Waals surface area contributed by atoms with E-state index in [0.717, 1.165) is 18.6 Å². The Hall–Kier alpha value is -1.36. The first-order valence-electron chi connectivity index (χ1n) is 7.01. The van der Waals surface area contributed by atoms with Gasteiger partial charge in [0.25, 0.3) is 5.91 Å². The van der Waals surface area contributed by atoms with Crippen molar-refractivity contribution in [2.24, 2.45) is 5.92 Å². The largest absolute Gasteiger partial charge is 0.447 e. The van der Waals surface area contributed by atoms with E-state index >= 15 is 0 Å². The molecule has 1 saturated carbocycles. The van der Waals surface area contributed by atoms with Gasteiger partial charge in [-0.3, -0.25) is 4.79 Å². The Labute approximate surface area is 112 Å². The number of carbonyl (C=O) groups is 1. The molecule has 1 aromatic heterocycles. The van der Waals surface area contributed by atoms with Crippen molar-refractivity contribution in [2.45, 2.75) is 38.7 Å². The summed E-state index contributed by atoms with van der Waals surface area (Å²) in [6.07, 6.45) is 3.72. The minimum Gasteiger partial charge on any atom is -0.447 e. The molecule has 3 rings (SSSR count). The summed E-state index contributed by atoms with van der Waals surface area (Å²) < 4.78 is 11.1. The van der Waals surface area contributed by atoms with Crippen molar-refractivity contribution in [3.8, 4) is 0 Å². The van der Waals surface area contributed by atoms with Gasteiger partial charge in [-0.1, -0.05) is 13.8 Å². The molecule has 5 nitrogen and oxygen atoms in total. The lowest BCUT2D eigenvalue weighted by Crippen LogP contribution is -2.47. The van der Waals surface area contributed by atoms with Gasteiger partial charge in [0.1, 0.15) is 5.76 Å². The number of carbonyl (C=O) groups excluding carboxylic acids is 1. The highest BCUT2D eigenvalue weighted by molar-refractivity contribution is 5.93. The highest BCUT2D eigenvalue weighted by Gasteiger charge is 2.35. The van der Waals surface area contributed by atoms with E-state index in [0.29, 0.717) is 37.2 Å². The second-order valence-electron chi connectivity index (χ2n) is 5.74. The average molecular weight is 264 g/mol. The quantitative estimate of drug-likeness (QED) is 0.838. The molecule has 1 atom stereocenters. The van der Waals surface area contributed by atoms with Gasteiger partial charge in [-0.25, -0.2) is 4.98 Å². The molecular weight excluding hydrogens is 244 g/mol. The topological polar surface area (TPSA) is 55.6 Å². The van der Waals surface area contributed by atoms with E-state index in [1.54, 1.807) is 0 Å². The molecule has 0 N–H and O–H groups in total. The Morgan fingerprint density at radius 1 is 1.47 bits per heavy atom. The number of hydrogen-bond acceptors (Lipinski definition) is 4. The number of rotatable bonds is 3. The summed E-state index contributed by atoms with van der Waals surface area (Å²) in [7, 11) is 0. The number of hydrogen-bond donors (Lipinski definition) is 0. The molecule has 2 aliphatic rings. The molecule has 1 aromatic rings. The molecule has 0 radical (unpaired) electrons. The van der Waals surface area contributed by atoms with Crippen LogP contribution in [0.3, 0.4) is 0 Å². The molecule has 1 unspecified atom stereocenters. The number of aromatic nitrogens is 1. The molecule has 19 heavy (non-hydrogen) atoms. The van der Waals surface area contributed by atoms with Gasteiger partial charge in [0.05, 0.1) is 12.7 Å². The zero-order valence-electron chi connectivity index (χ0n) is 11.5. The van der Waals surface area contributed by atoms with E-state index in [4.69, 9.17) is 9.15 Å². The van der Waals surface area contributed by atoms with Crippen LogP contribution < -0.4 is 0 Å².